The molecule has 7 heteroatoms. The number of rotatable bonds is 9. The molecule has 0 N–H and O–H groups in total. The van der Waals surface area contributed by atoms with E-state index >= 15 is 0 Å². The number of hydrogen-bond acceptors (Lipinski definition) is 5. The lowest BCUT2D eigenvalue weighted by Gasteiger charge is -2.17. The van der Waals surface area contributed by atoms with Crippen molar-refractivity contribution in [2.45, 2.75) is 24.0 Å². The van der Waals surface area contributed by atoms with E-state index in [1.165, 1.54) is 5.56 Å². The van der Waals surface area contributed by atoms with Gasteiger partial charge in [0.05, 0.1) is 6.54 Å². The van der Waals surface area contributed by atoms with Gasteiger partial charge in [0.15, 0.2) is 5.16 Å². The molecule has 0 aliphatic rings. The second-order valence-electron chi connectivity index (χ2n) is 7.57. The van der Waals surface area contributed by atoms with Crippen molar-refractivity contribution in [2.75, 3.05) is 7.05 Å². The molecule has 3 aromatic carbocycles. The molecule has 1 heterocycles. The molecule has 32 heavy (non-hydrogen) atoms. The van der Waals surface area contributed by atoms with E-state index in [-0.39, 0.29) is 0 Å². The Labute approximate surface area is 198 Å². The maximum Gasteiger partial charge on any atom is 0.191 e. The summed E-state index contributed by atoms with van der Waals surface area (Å²) < 4.78 is 8.00. The number of halogens is 1. The van der Waals surface area contributed by atoms with Gasteiger partial charge in [0.1, 0.15) is 17.3 Å². The lowest BCUT2D eigenvalue weighted by molar-refractivity contribution is 0.305. The van der Waals surface area contributed by atoms with Crippen molar-refractivity contribution in [1.29, 1.82) is 0 Å². The van der Waals surface area contributed by atoms with E-state index in [0.29, 0.717) is 6.54 Å². The molecular weight excluding hydrogens is 440 g/mol. The quantitative estimate of drug-likeness (QED) is 0.276. The average molecular weight is 465 g/mol. The molecule has 4 aromatic rings. The summed E-state index contributed by atoms with van der Waals surface area (Å²) in [5.74, 6) is 3.35. The molecule has 5 nitrogen and oxygen atoms in total. The summed E-state index contributed by atoms with van der Waals surface area (Å²) in [6, 6.07) is 25.9. The summed E-state index contributed by atoms with van der Waals surface area (Å²) in [7, 11) is 4.09. The van der Waals surface area contributed by atoms with Gasteiger partial charge in [-0.15, -0.1) is 10.2 Å². The Morgan fingerprint density at radius 2 is 1.66 bits per heavy atom. The maximum atomic E-state index is 6.27. The minimum absolute atomic E-state index is 0.694. The number of aromatic nitrogens is 3. The molecule has 0 saturated carbocycles. The van der Waals surface area contributed by atoms with Gasteiger partial charge in [0.2, 0.25) is 0 Å². The fourth-order valence-electron chi connectivity index (χ4n) is 3.31. The number of thioether (sulfide) groups is 1. The molecule has 4 rings (SSSR count). The van der Waals surface area contributed by atoms with Crippen LogP contribution in [0.4, 0.5) is 0 Å². The zero-order valence-electron chi connectivity index (χ0n) is 18.1. The first kappa shape index (κ1) is 22.4. The van der Waals surface area contributed by atoms with Crippen LogP contribution in [0, 0.1) is 0 Å². The van der Waals surface area contributed by atoms with Crippen molar-refractivity contribution in [3.8, 4) is 11.5 Å². The summed E-state index contributed by atoms with van der Waals surface area (Å²) in [6.45, 7) is 1.47. The number of para-hydroxylation sites is 1. The Hall–Kier alpha value is -2.80. The summed E-state index contributed by atoms with van der Waals surface area (Å²) in [5.41, 5.74) is 2.27. The molecule has 164 valence electrons. The van der Waals surface area contributed by atoms with E-state index in [1.807, 2.05) is 78.3 Å². The number of nitrogens with zero attached hydrogens (tertiary/aromatic N) is 4. The first-order chi connectivity index (χ1) is 15.6. The molecule has 0 bridgehead atoms. The summed E-state index contributed by atoms with van der Waals surface area (Å²) in [6.07, 6.45) is 0. The van der Waals surface area contributed by atoms with E-state index < -0.39 is 0 Å². The van der Waals surface area contributed by atoms with Crippen LogP contribution in [0.15, 0.2) is 84.0 Å². The van der Waals surface area contributed by atoms with E-state index in [1.54, 1.807) is 11.8 Å². The van der Waals surface area contributed by atoms with Gasteiger partial charge in [-0.1, -0.05) is 71.9 Å². The van der Waals surface area contributed by atoms with E-state index in [2.05, 4.69) is 34.3 Å². The van der Waals surface area contributed by atoms with Crippen LogP contribution in [0.1, 0.15) is 17.0 Å². The third-order valence-electron chi connectivity index (χ3n) is 4.98. The van der Waals surface area contributed by atoms with Crippen molar-refractivity contribution in [3.05, 3.63) is 101 Å². The van der Waals surface area contributed by atoms with Gasteiger partial charge in [0, 0.05) is 24.4 Å². The van der Waals surface area contributed by atoms with Crippen LogP contribution in [0.2, 0.25) is 5.02 Å². The van der Waals surface area contributed by atoms with Crippen molar-refractivity contribution < 1.29 is 4.74 Å². The predicted molar refractivity (Wildman–Crippen MR) is 130 cm³/mol. The normalized spacial score (nSPS) is 11.1. The van der Waals surface area contributed by atoms with Crippen molar-refractivity contribution in [3.63, 3.8) is 0 Å². The standard InChI is InChI=1S/C25H25ClN4OS/c1-29(16-19-9-8-13-22(15-19)31-21-11-4-3-5-12-21)17-24-27-28-25(30(24)2)32-18-20-10-6-7-14-23(20)26/h3-15H,16-18H2,1-2H3. The first-order valence-corrected chi connectivity index (χ1v) is 11.7. The average Bonchev–Trinajstić information content (AvgIpc) is 3.13. The van der Waals surface area contributed by atoms with Gasteiger partial charge in [-0.3, -0.25) is 4.90 Å². The topological polar surface area (TPSA) is 43.2 Å². The molecule has 0 spiro atoms. The van der Waals surface area contributed by atoms with E-state index in [4.69, 9.17) is 16.3 Å². The number of hydrogen-bond donors (Lipinski definition) is 0. The van der Waals surface area contributed by atoms with Gasteiger partial charge < -0.3 is 9.30 Å². The van der Waals surface area contributed by atoms with Crippen molar-refractivity contribution in [1.82, 2.24) is 19.7 Å². The second-order valence-corrected chi connectivity index (χ2v) is 8.92. The Bertz CT molecular complexity index is 1170. The van der Waals surface area contributed by atoms with Gasteiger partial charge in [-0.2, -0.15) is 0 Å². The highest BCUT2D eigenvalue weighted by molar-refractivity contribution is 7.98. The zero-order valence-corrected chi connectivity index (χ0v) is 19.7. The molecule has 0 saturated heterocycles. The van der Waals surface area contributed by atoms with Crippen LogP contribution in [-0.2, 0) is 25.9 Å². The lowest BCUT2D eigenvalue weighted by atomic mass is 10.2. The predicted octanol–water partition coefficient (Wildman–Crippen LogP) is 6.19. The maximum absolute atomic E-state index is 6.27. The Kier molecular flexibility index (Phi) is 7.47. The summed E-state index contributed by atoms with van der Waals surface area (Å²) in [5, 5.41) is 10.4. The van der Waals surface area contributed by atoms with Gasteiger partial charge in [0.25, 0.3) is 0 Å². The second kappa shape index (κ2) is 10.7. The smallest absolute Gasteiger partial charge is 0.191 e. The highest BCUT2D eigenvalue weighted by atomic mass is 35.5. The van der Waals surface area contributed by atoms with Crippen LogP contribution in [-0.4, -0.2) is 26.7 Å². The first-order valence-electron chi connectivity index (χ1n) is 10.3. The molecule has 0 atom stereocenters. The summed E-state index contributed by atoms with van der Waals surface area (Å²) >= 11 is 7.90. The van der Waals surface area contributed by atoms with Gasteiger partial charge in [-0.25, -0.2) is 0 Å². The number of benzene rings is 3. The van der Waals surface area contributed by atoms with Gasteiger partial charge in [-0.05, 0) is 48.5 Å². The molecular formula is C25H25ClN4OS. The van der Waals surface area contributed by atoms with Crippen molar-refractivity contribution >= 4 is 23.4 Å². The molecule has 0 amide bonds. The SMILES string of the molecule is CN(Cc1cccc(Oc2ccccc2)c1)Cc1nnc(SCc2ccccc2Cl)n1C. The zero-order chi connectivity index (χ0) is 22.3. The summed E-state index contributed by atoms with van der Waals surface area (Å²) in [4.78, 5) is 2.22. The van der Waals surface area contributed by atoms with Gasteiger partial charge >= 0.3 is 0 Å². The van der Waals surface area contributed by atoms with E-state index in [0.717, 1.165) is 45.4 Å². The Morgan fingerprint density at radius 3 is 2.47 bits per heavy atom. The highest BCUT2D eigenvalue weighted by Gasteiger charge is 2.13. The molecule has 0 radical (unpaired) electrons. The molecule has 0 aliphatic heterocycles. The van der Waals surface area contributed by atoms with Crippen LogP contribution < -0.4 is 4.74 Å². The largest absolute Gasteiger partial charge is 0.457 e. The Morgan fingerprint density at radius 1 is 0.906 bits per heavy atom. The van der Waals surface area contributed by atoms with Crippen LogP contribution in [0.25, 0.3) is 0 Å². The van der Waals surface area contributed by atoms with Crippen LogP contribution >= 0.6 is 23.4 Å². The Balaban J connectivity index is 1.35. The van der Waals surface area contributed by atoms with Crippen LogP contribution in [0.5, 0.6) is 11.5 Å². The monoisotopic (exact) mass is 464 g/mol. The molecule has 0 fully saturated rings. The van der Waals surface area contributed by atoms with E-state index in [9.17, 15) is 0 Å². The highest BCUT2D eigenvalue weighted by Crippen LogP contribution is 2.26. The van der Waals surface area contributed by atoms with Crippen LogP contribution in [0.3, 0.4) is 0 Å². The minimum Gasteiger partial charge on any atom is -0.457 e. The van der Waals surface area contributed by atoms with Crippen molar-refractivity contribution in [2.24, 2.45) is 7.05 Å². The molecule has 0 unspecified atom stereocenters. The third-order valence-corrected chi connectivity index (χ3v) is 6.42. The molecule has 0 aliphatic carbocycles. The minimum atomic E-state index is 0.694. The third kappa shape index (κ3) is 5.91. The lowest BCUT2D eigenvalue weighted by Crippen LogP contribution is -2.19. The fourth-order valence-corrected chi connectivity index (χ4v) is 4.52. The molecule has 1 aromatic heterocycles. The number of ether oxygens (including phenoxy) is 1. The fraction of sp³-hybridized carbons (Fsp3) is 0.200.